The van der Waals surface area contributed by atoms with Gasteiger partial charge in [-0.2, -0.15) is 9.97 Å². The van der Waals surface area contributed by atoms with E-state index < -0.39 is 29.2 Å². The van der Waals surface area contributed by atoms with Gasteiger partial charge >= 0.3 is 6.01 Å². The van der Waals surface area contributed by atoms with Crippen LogP contribution in [0.5, 0.6) is 11.9 Å². The average Bonchev–Trinajstić information content (AvgIpc) is 3.39. The van der Waals surface area contributed by atoms with E-state index in [9.17, 15) is 13.9 Å². The highest BCUT2D eigenvalue weighted by Gasteiger charge is 2.49. The first-order valence-electron chi connectivity index (χ1n) is 11.9. The van der Waals surface area contributed by atoms with E-state index in [0.717, 1.165) is 19.4 Å². The molecule has 0 unspecified atom stereocenters. The highest BCUT2D eigenvalue weighted by molar-refractivity contribution is 6.03. The summed E-state index contributed by atoms with van der Waals surface area (Å²) in [5.41, 5.74) is 5.60. The van der Waals surface area contributed by atoms with E-state index in [-0.39, 0.29) is 45.7 Å². The molecule has 188 valence electrons. The zero-order chi connectivity index (χ0) is 25.9. The van der Waals surface area contributed by atoms with E-state index >= 15 is 4.39 Å². The number of nitrogen functional groups attached to an aromatic ring is 1. The van der Waals surface area contributed by atoms with Crippen LogP contribution in [-0.2, 0) is 0 Å². The SMILES string of the molecule is C#Cc1c(F)ccc2cc(N)cc(-c3ncc4c(O)nc(OC[C@@]56CCCN5C[C@H](F)C6)nc4c3F)c12. The minimum absolute atomic E-state index is 0.0319. The van der Waals surface area contributed by atoms with Crippen molar-refractivity contribution in [1.29, 1.82) is 0 Å². The van der Waals surface area contributed by atoms with Gasteiger partial charge in [-0.05, 0) is 43.0 Å². The smallest absolute Gasteiger partial charge is 0.320 e. The molecule has 2 aliphatic heterocycles. The summed E-state index contributed by atoms with van der Waals surface area (Å²) >= 11 is 0. The minimum atomic E-state index is -0.938. The molecule has 37 heavy (non-hydrogen) atoms. The van der Waals surface area contributed by atoms with Crippen molar-refractivity contribution in [3.8, 4) is 35.5 Å². The molecule has 4 aromatic rings. The summed E-state index contributed by atoms with van der Waals surface area (Å²) in [7, 11) is 0. The van der Waals surface area contributed by atoms with Crippen LogP contribution in [0.2, 0.25) is 0 Å². The number of alkyl halides is 1. The number of rotatable bonds is 4. The molecule has 2 aromatic carbocycles. The van der Waals surface area contributed by atoms with Crippen molar-refractivity contribution in [2.24, 2.45) is 0 Å². The lowest BCUT2D eigenvalue weighted by atomic mass is 9.95. The molecule has 2 atom stereocenters. The largest absolute Gasteiger partial charge is 0.493 e. The Balaban J connectivity index is 1.45. The first-order chi connectivity index (χ1) is 17.8. The Morgan fingerprint density at radius 2 is 2.11 bits per heavy atom. The van der Waals surface area contributed by atoms with E-state index in [2.05, 4.69) is 25.8 Å². The Hall–Kier alpha value is -4.10. The number of ether oxygens (including phenoxy) is 1. The van der Waals surface area contributed by atoms with Crippen molar-refractivity contribution in [2.45, 2.75) is 31.0 Å². The molecule has 10 heteroatoms. The number of fused-ring (bicyclic) bond motifs is 3. The van der Waals surface area contributed by atoms with E-state index in [1.54, 1.807) is 6.07 Å². The molecule has 2 fully saturated rings. The molecule has 0 aliphatic carbocycles. The van der Waals surface area contributed by atoms with E-state index in [0.29, 0.717) is 24.0 Å². The Morgan fingerprint density at radius 3 is 2.92 bits per heavy atom. The summed E-state index contributed by atoms with van der Waals surface area (Å²) in [6.45, 7) is 1.25. The number of halogens is 3. The molecule has 2 saturated heterocycles. The van der Waals surface area contributed by atoms with Gasteiger partial charge in [0.05, 0.1) is 16.5 Å². The van der Waals surface area contributed by atoms with Crippen molar-refractivity contribution in [2.75, 3.05) is 25.4 Å². The normalized spacial score (nSPS) is 21.4. The van der Waals surface area contributed by atoms with Gasteiger partial charge in [0.25, 0.3) is 0 Å². The number of anilines is 1. The van der Waals surface area contributed by atoms with Gasteiger partial charge in [-0.3, -0.25) is 9.88 Å². The van der Waals surface area contributed by atoms with Crippen LogP contribution in [0.25, 0.3) is 32.9 Å². The minimum Gasteiger partial charge on any atom is -0.493 e. The molecule has 3 N–H and O–H groups in total. The van der Waals surface area contributed by atoms with Gasteiger partial charge in [0, 0.05) is 35.8 Å². The standard InChI is InChI=1S/C27H22F3N5O2/c1-2-17-20(29)5-4-14-8-16(31)9-18(21(14)17)23-22(30)24-19(11-32-23)25(36)34-26(33-24)37-13-27-6-3-7-35(27)12-15(28)10-27/h1,4-5,8-9,11,15H,3,6-7,10,12-13,31H2,(H,33,34,36)/t15-,27+/m1/s1. The van der Waals surface area contributed by atoms with Crippen molar-refractivity contribution in [3.05, 3.63) is 47.7 Å². The van der Waals surface area contributed by atoms with Crippen LogP contribution < -0.4 is 10.5 Å². The Labute approximate surface area is 210 Å². The maximum Gasteiger partial charge on any atom is 0.320 e. The van der Waals surface area contributed by atoms with E-state index in [1.807, 2.05) is 0 Å². The summed E-state index contributed by atoms with van der Waals surface area (Å²) < 4.78 is 50.4. The molecule has 0 bridgehead atoms. The number of aromatic nitrogens is 3. The number of aromatic hydroxyl groups is 1. The van der Waals surface area contributed by atoms with Crippen LogP contribution >= 0.6 is 0 Å². The first kappa shape index (κ1) is 23.3. The predicted molar refractivity (Wildman–Crippen MR) is 133 cm³/mol. The van der Waals surface area contributed by atoms with Crippen LogP contribution in [0.4, 0.5) is 18.9 Å². The van der Waals surface area contributed by atoms with Crippen LogP contribution in [0.3, 0.4) is 0 Å². The van der Waals surface area contributed by atoms with Crippen LogP contribution in [0.1, 0.15) is 24.8 Å². The van der Waals surface area contributed by atoms with Gasteiger partial charge in [0.1, 0.15) is 29.8 Å². The van der Waals surface area contributed by atoms with Gasteiger partial charge in [0.2, 0.25) is 5.88 Å². The Morgan fingerprint density at radius 1 is 1.27 bits per heavy atom. The number of benzene rings is 2. The van der Waals surface area contributed by atoms with Crippen molar-refractivity contribution in [1.82, 2.24) is 19.9 Å². The molecular formula is C27H22F3N5O2. The molecular weight excluding hydrogens is 483 g/mol. The highest BCUT2D eigenvalue weighted by atomic mass is 19.1. The number of nitrogens with two attached hydrogens (primary N) is 1. The zero-order valence-electron chi connectivity index (χ0n) is 19.6. The summed E-state index contributed by atoms with van der Waals surface area (Å²) in [4.78, 5) is 14.4. The van der Waals surface area contributed by atoms with Gasteiger partial charge in [-0.15, -0.1) is 6.42 Å². The van der Waals surface area contributed by atoms with Gasteiger partial charge in [0.15, 0.2) is 5.82 Å². The maximum atomic E-state index is 16.0. The fourth-order valence-corrected chi connectivity index (χ4v) is 5.71. The lowest BCUT2D eigenvalue weighted by Crippen LogP contribution is -2.43. The monoisotopic (exact) mass is 505 g/mol. The summed E-state index contributed by atoms with van der Waals surface area (Å²) in [5, 5.41) is 11.3. The first-order valence-corrected chi connectivity index (χ1v) is 11.9. The third-order valence-corrected chi connectivity index (χ3v) is 7.36. The molecule has 4 heterocycles. The van der Waals surface area contributed by atoms with Crippen LogP contribution in [0.15, 0.2) is 30.5 Å². The second kappa shape index (κ2) is 8.49. The molecule has 0 amide bonds. The van der Waals surface area contributed by atoms with E-state index in [1.165, 1.54) is 24.4 Å². The number of hydrogen-bond acceptors (Lipinski definition) is 7. The fourth-order valence-electron chi connectivity index (χ4n) is 5.71. The van der Waals surface area contributed by atoms with Crippen LogP contribution in [0, 0.1) is 24.0 Å². The second-order valence-electron chi connectivity index (χ2n) is 9.61. The quantitative estimate of drug-likeness (QED) is 0.314. The molecule has 0 spiro atoms. The Bertz CT molecular complexity index is 1620. The molecule has 0 saturated carbocycles. The lowest BCUT2D eigenvalue weighted by Gasteiger charge is -2.30. The molecule has 2 aliphatic rings. The van der Waals surface area contributed by atoms with Crippen molar-refractivity contribution in [3.63, 3.8) is 0 Å². The number of nitrogens with zero attached hydrogens (tertiary/aromatic N) is 4. The van der Waals surface area contributed by atoms with Crippen molar-refractivity contribution >= 4 is 27.4 Å². The number of pyridine rings is 1. The number of hydrogen-bond donors (Lipinski definition) is 2. The van der Waals surface area contributed by atoms with Gasteiger partial charge in [-0.1, -0.05) is 12.0 Å². The van der Waals surface area contributed by atoms with Crippen LogP contribution in [-0.4, -0.2) is 56.4 Å². The van der Waals surface area contributed by atoms with E-state index in [4.69, 9.17) is 16.9 Å². The molecule has 0 radical (unpaired) electrons. The van der Waals surface area contributed by atoms with Gasteiger partial charge < -0.3 is 15.6 Å². The fraction of sp³-hybridized carbons (Fsp3) is 0.296. The van der Waals surface area contributed by atoms with Gasteiger partial charge in [-0.25, -0.2) is 13.2 Å². The summed E-state index contributed by atoms with van der Waals surface area (Å²) in [6.07, 6.45) is 7.89. The predicted octanol–water partition coefficient (Wildman–Crippen LogP) is 4.35. The number of terminal acetylenes is 1. The Kier molecular flexibility index (Phi) is 5.35. The highest BCUT2D eigenvalue weighted by Crippen LogP contribution is 2.41. The summed E-state index contributed by atoms with van der Waals surface area (Å²) in [6, 6.07) is 5.55. The molecule has 6 rings (SSSR count). The average molecular weight is 506 g/mol. The molecule has 7 nitrogen and oxygen atoms in total. The summed E-state index contributed by atoms with van der Waals surface area (Å²) in [5.74, 6) is 0.289. The third-order valence-electron chi connectivity index (χ3n) is 7.36. The molecule has 2 aromatic heterocycles. The third kappa shape index (κ3) is 3.69. The lowest BCUT2D eigenvalue weighted by molar-refractivity contribution is 0.107. The van der Waals surface area contributed by atoms with Crippen molar-refractivity contribution < 1.29 is 23.0 Å². The second-order valence-corrected chi connectivity index (χ2v) is 9.61. The maximum absolute atomic E-state index is 16.0. The zero-order valence-corrected chi connectivity index (χ0v) is 19.6. The topological polar surface area (TPSA) is 97.4 Å².